The molecule has 2 aromatic carbocycles. The van der Waals surface area contributed by atoms with Crippen LogP contribution >= 0.6 is 0 Å². The zero-order chi connectivity index (χ0) is 46.8. The summed E-state index contributed by atoms with van der Waals surface area (Å²) in [5, 5.41) is 10.3. The number of aromatic amines is 1. The lowest BCUT2D eigenvalue weighted by Crippen LogP contribution is -2.35. The van der Waals surface area contributed by atoms with Crippen LogP contribution in [0, 0.1) is 17.8 Å². The van der Waals surface area contributed by atoms with Gasteiger partial charge in [-0.3, -0.25) is 19.2 Å². The van der Waals surface area contributed by atoms with Crippen LogP contribution in [-0.2, 0) is 23.9 Å². The standard InChI is InChI=1S/C37H44N4O5.C10H18O2.2C2H6/c1-6-28-29-14-12-26(21-33(29)41-31(28)15-11-24(3)4)27-13-16-36(40-22-27)46-23-35(44)39-18-20-45-19-17-38-32-10-8-9-30(34(43)7-2)37(32)25(5)42;1-7(2)10(12)8(3)5-6-9(4)11;2*1-2/h6,8-16,21-22,24,36,38,40-41H,1,7,17-20,23H2,2-5H3,(H,39,44);7-8H,5-6H2,1-4H3;2*1-2H3/b15-11-;;;. The molecule has 62 heavy (non-hydrogen) atoms. The predicted molar refractivity (Wildman–Crippen MR) is 257 cm³/mol. The number of rotatable bonds is 22. The summed E-state index contributed by atoms with van der Waals surface area (Å²) in [6.45, 7) is 28.1. The number of benzene rings is 2. The summed E-state index contributed by atoms with van der Waals surface area (Å²) in [7, 11) is 0. The van der Waals surface area contributed by atoms with Crippen LogP contribution in [0.15, 0.2) is 67.4 Å². The first-order chi connectivity index (χ1) is 29.7. The van der Waals surface area contributed by atoms with E-state index >= 15 is 0 Å². The van der Waals surface area contributed by atoms with E-state index in [1.807, 2.05) is 72.9 Å². The molecule has 0 bridgehead atoms. The van der Waals surface area contributed by atoms with Crippen molar-refractivity contribution in [3.63, 3.8) is 0 Å². The molecule has 3 aromatic rings. The zero-order valence-electron chi connectivity index (χ0n) is 39.5. The van der Waals surface area contributed by atoms with E-state index in [2.05, 4.69) is 71.7 Å². The van der Waals surface area contributed by atoms with Gasteiger partial charge in [0.15, 0.2) is 11.6 Å². The molecule has 1 aliphatic heterocycles. The van der Waals surface area contributed by atoms with Crippen molar-refractivity contribution in [1.82, 2.24) is 15.6 Å². The lowest BCUT2D eigenvalue weighted by Gasteiger charge is -2.19. The molecule has 4 rings (SSSR count). The van der Waals surface area contributed by atoms with Crippen molar-refractivity contribution in [2.24, 2.45) is 17.8 Å². The maximum Gasteiger partial charge on any atom is 0.246 e. The fourth-order valence-corrected chi connectivity index (χ4v) is 6.28. The molecule has 0 saturated carbocycles. The number of nitrogens with one attached hydrogen (secondary N) is 4. The third kappa shape index (κ3) is 18.3. The highest BCUT2D eigenvalue weighted by Crippen LogP contribution is 2.29. The van der Waals surface area contributed by atoms with Gasteiger partial charge in [-0.2, -0.15) is 0 Å². The largest absolute Gasteiger partial charge is 0.382 e. The number of carbonyl (C=O) groups is 5. The molecular formula is C51H74N4O7. The Kier molecular flexibility index (Phi) is 26.2. The van der Waals surface area contributed by atoms with Gasteiger partial charge in [0, 0.05) is 77.4 Å². The van der Waals surface area contributed by atoms with Crippen LogP contribution in [0.2, 0.25) is 0 Å². The third-order valence-electron chi connectivity index (χ3n) is 9.45. The molecule has 11 nitrogen and oxygen atoms in total. The van der Waals surface area contributed by atoms with E-state index in [0.29, 0.717) is 68.3 Å². The van der Waals surface area contributed by atoms with E-state index < -0.39 is 6.23 Å². The Morgan fingerprint density at radius 1 is 0.935 bits per heavy atom. The topological polar surface area (TPSA) is 156 Å². The van der Waals surface area contributed by atoms with E-state index in [-0.39, 0.29) is 47.5 Å². The van der Waals surface area contributed by atoms with Gasteiger partial charge in [-0.25, -0.2) is 0 Å². The van der Waals surface area contributed by atoms with Gasteiger partial charge in [0.1, 0.15) is 24.4 Å². The van der Waals surface area contributed by atoms with Crippen LogP contribution in [0.5, 0.6) is 0 Å². The van der Waals surface area contributed by atoms with E-state index in [0.717, 1.165) is 33.3 Å². The van der Waals surface area contributed by atoms with Crippen molar-refractivity contribution in [2.45, 2.75) is 109 Å². The minimum absolute atomic E-state index is 0.0360. The molecule has 0 radical (unpaired) electrons. The highest BCUT2D eigenvalue weighted by molar-refractivity contribution is 6.11. The second-order valence-corrected chi connectivity index (χ2v) is 15.0. The number of Topliss-reactive ketones (excluding diaryl/α,β-unsaturated/α-hetero) is 4. The minimum Gasteiger partial charge on any atom is -0.382 e. The monoisotopic (exact) mass is 855 g/mol. The van der Waals surface area contributed by atoms with Crippen molar-refractivity contribution in [3.8, 4) is 0 Å². The summed E-state index contributed by atoms with van der Waals surface area (Å²) < 4.78 is 11.3. The fourth-order valence-electron chi connectivity index (χ4n) is 6.28. The van der Waals surface area contributed by atoms with Crippen molar-refractivity contribution in [1.29, 1.82) is 0 Å². The number of hydrogen-bond acceptors (Lipinski definition) is 9. The van der Waals surface area contributed by atoms with Crippen LogP contribution in [0.1, 0.15) is 140 Å². The first-order valence-electron chi connectivity index (χ1n) is 22.2. The Bertz CT molecular complexity index is 2000. The maximum absolute atomic E-state index is 12.3. The lowest BCUT2D eigenvalue weighted by molar-refractivity contribution is -0.127. The Morgan fingerprint density at radius 2 is 1.63 bits per heavy atom. The summed E-state index contributed by atoms with van der Waals surface area (Å²) in [4.78, 5) is 62.1. The molecule has 11 heteroatoms. The lowest BCUT2D eigenvalue weighted by atomic mass is 9.92. The Morgan fingerprint density at radius 3 is 2.21 bits per heavy atom. The number of allylic oxidation sites excluding steroid dienone is 3. The van der Waals surface area contributed by atoms with Crippen LogP contribution in [-0.4, -0.2) is 73.2 Å². The van der Waals surface area contributed by atoms with Gasteiger partial charge >= 0.3 is 0 Å². The first kappa shape index (κ1) is 54.6. The molecule has 2 heterocycles. The normalized spacial score (nSPS) is 13.4. The summed E-state index contributed by atoms with van der Waals surface area (Å²) in [5.41, 5.74) is 6.68. The molecule has 1 aliphatic rings. The van der Waals surface area contributed by atoms with Crippen LogP contribution in [0.25, 0.3) is 28.6 Å². The molecule has 0 aliphatic carbocycles. The fraction of sp³-hybridized carbons (Fsp3) is 0.471. The number of hydrogen-bond donors (Lipinski definition) is 4. The molecular weight excluding hydrogens is 781 g/mol. The number of anilines is 1. The van der Waals surface area contributed by atoms with E-state index in [1.165, 1.54) is 6.92 Å². The summed E-state index contributed by atoms with van der Waals surface area (Å²) in [5.74, 6) is 0.529. The number of ketones is 4. The SMILES string of the molecule is C=Cc1c(/C=C\C(C)C)[nH]c2cc(C3=CNC(OCC(=O)NCCOCCNc4cccc(C(=O)CC)c4C(C)=O)C=C3)ccc12.CC.CC.CC(=O)CCC(C)C(=O)C(C)C. The zero-order valence-corrected chi connectivity index (χ0v) is 39.5. The van der Waals surface area contributed by atoms with Gasteiger partial charge in [-0.1, -0.05) is 118 Å². The number of H-pyrrole nitrogens is 1. The predicted octanol–water partition coefficient (Wildman–Crippen LogP) is 10.6. The van der Waals surface area contributed by atoms with Gasteiger partial charge in [-0.05, 0) is 61.6 Å². The van der Waals surface area contributed by atoms with Crippen LogP contribution in [0.3, 0.4) is 0 Å². The Hall–Kier alpha value is -5.39. The molecule has 0 saturated heterocycles. The van der Waals surface area contributed by atoms with E-state index in [9.17, 15) is 24.0 Å². The van der Waals surface area contributed by atoms with Crippen molar-refractivity contribution >= 4 is 63.4 Å². The molecule has 0 fully saturated rings. The second kappa shape index (κ2) is 29.8. The average molecular weight is 855 g/mol. The number of amides is 1. The van der Waals surface area contributed by atoms with E-state index in [1.54, 1.807) is 32.0 Å². The number of carbonyl (C=O) groups excluding carboxylic acids is 5. The number of fused-ring (bicyclic) bond motifs is 1. The number of aromatic nitrogens is 1. The van der Waals surface area contributed by atoms with Gasteiger partial charge in [-0.15, -0.1) is 0 Å². The second-order valence-electron chi connectivity index (χ2n) is 15.0. The van der Waals surface area contributed by atoms with Gasteiger partial charge < -0.3 is 35.2 Å². The molecule has 2 atom stereocenters. The number of ether oxygens (including phenoxy) is 2. The summed E-state index contributed by atoms with van der Waals surface area (Å²) in [6.07, 6.45) is 13.1. The summed E-state index contributed by atoms with van der Waals surface area (Å²) in [6, 6.07) is 11.5. The quantitative estimate of drug-likeness (QED) is 0.0571. The molecule has 4 N–H and O–H groups in total. The highest BCUT2D eigenvalue weighted by Gasteiger charge is 2.18. The molecule has 1 aromatic heterocycles. The van der Waals surface area contributed by atoms with Crippen LogP contribution < -0.4 is 16.0 Å². The molecule has 2 unspecified atom stereocenters. The number of dihydropyridines is 1. The smallest absolute Gasteiger partial charge is 0.246 e. The van der Waals surface area contributed by atoms with E-state index in [4.69, 9.17) is 9.47 Å². The summed E-state index contributed by atoms with van der Waals surface area (Å²) >= 11 is 0. The van der Waals surface area contributed by atoms with Crippen LogP contribution in [0.4, 0.5) is 5.69 Å². The van der Waals surface area contributed by atoms with Crippen molar-refractivity contribution in [3.05, 3.63) is 95.4 Å². The van der Waals surface area contributed by atoms with Gasteiger partial charge in [0.05, 0.1) is 18.8 Å². The Labute approximate surface area is 371 Å². The third-order valence-corrected chi connectivity index (χ3v) is 9.45. The van der Waals surface area contributed by atoms with Gasteiger partial charge in [0.2, 0.25) is 5.91 Å². The molecule has 1 amide bonds. The first-order valence-corrected chi connectivity index (χ1v) is 22.2. The average Bonchev–Trinajstić information content (AvgIpc) is 3.64. The Balaban J connectivity index is 0.00000103. The van der Waals surface area contributed by atoms with Gasteiger partial charge in [0.25, 0.3) is 0 Å². The molecule has 0 spiro atoms. The maximum atomic E-state index is 12.3. The van der Waals surface area contributed by atoms with Crippen molar-refractivity contribution < 1.29 is 33.4 Å². The minimum atomic E-state index is -0.419. The molecule has 340 valence electrons. The van der Waals surface area contributed by atoms with Crippen molar-refractivity contribution in [2.75, 3.05) is 38.2 Å². The highest BCUT2D eigenvalue weighted by atomic mass is 16.5.